The molecule has 0 unspecified atom stereocenters. The first-order valence-electron chi connectivity index (χ1n) is 7.33. The molecule has 120 valence electrons. The molecule has 0 aliphatic carbocycles. The number of benzene rings is 3. The van der Waals surface area contributed by atoms with Crippen LogP contribution < -0.4 is 17.1 Å². The van der Waals surface area contributed by atoms with Gasteiger partial charge in [-0.1, -0.05) is 58.2 Å². The number of hydrogen-bond acceptors (Lipinski definition) is 1. The van der Waals surface area contributed by atoms with Gasteiger partial charge in [-0.3, -0.25) is 0 Å². The largest absolute Gasteiger partial charge is 1.00 e. The molecule has 0 radical (unpaired) electrons. The van der Waals surface area contributed by atoms with Gasteiger partial charge in [0.15, 0.2) is 6.54 Å². The number of halogens is 3. The van der Waals surface area contributed by atoms with E-state index in [1.807, 2.05) is 59.3 Å². The Morgan fingerprint density at radius 2 is 1.46 bits per heavy atom. The Balaban J connectivity index is 0.00000169. The molecule has 0 N–H and O–H groups in total. The Labute approximate surface area is 156 Å². The van der Waals surface area contributed by atoms with E-state index in [4.69, 9.17) is 28.3 Å². The van der Waals surface area contributed by atoms with Gasteiger partial charge < -0.3 is 12.4 Å². The third-order valence-electron chi connectivity index (χ3n) is 3.89. The summed E-state index contributed by atoms with van der Waals surface area (Å²) in [6, 6.07) is 21.9. The molecule has 4 aromatic rings. The monoisotopic (exact) mass is 374 g/mol. The highest BCUT2D eigenvalue weighted by atomic mass is 35.5. The minimum atomic E-state index is 0. The van der Waals surface area contributed by atoms with Crippen LogP contribution in [-0.2, 0) is 6.54 Å². The molecule has 0 amide bonds. The fourth-order valence-corrected chi connectivity index (χ4v) is 3.17. The maximum atomic E-state index is 6.21. The van der Waals surface area contributed by atoms with Crippen LogP contribution in [0.15, 0.2) is 66.7 Å². The van der Waals surface area contributed by atoms with Gasteiger partial charge in [0.1, 0.15) is 5.52 Å². The van der Waals surface area contributed by atoms with Crippen LogP contribution in [-0.4, -0.2) is 5.10 Å². The second-order valence-electron chi connectivity index (χ2n) is 5.47. The van der Waals surface area contributed by atoms with Crippen LogP contribution in [0.4, 0.5) is 0 Å². The van der Waals surface area contributed by atoms with Crippen LogP contribution in [0.25, 0.3) is 21.8 Å². The summed E-state index contributed by atoms with van der Waals surface area (Å²) < 4.78 is 2.01. The molecule has 5 heteroatoms. The van der Waals surface area contributed by atoms with Crippen molar-refractivity contribution in [1.29, 1.82) is 0 Å². The Hall–Kier alpha value is -1.87. The van der Waals surface area contributed by atoms with Crippen molar-refractivity contribution in [3.8, 4) is 0 Å². The minimum Gasteiger partial charge on any atom is -1.00 e. The van der Waals surface area contributed by atoms with Crippen LogP contribution in [0.3, 0.4) is 0 Å². The highest BCUT2D eigenvalue weighted by Crippen LogP contribution is 2.26. The second kappa shape index (κ2) is 6.94. The molecule has 24 heavy (non-hydrogen) atoms. The molecule has 0 saturated carbocycles. The summed E-state index contributed by atoms with van der Waals surface area (Å²) in [4.78, 5) is 0. The van der Waals surface area contributed by atoms with E-state index in [1.54, 1.807) is 0 Å². The summed E-state index contributed by atoms with van der Waals surface area (Å²) in [5.74, 6) is 0. The molecular formula is C19H13Cl3N2. The van der Waals surface area contributed by atoms with Crippen molar-refractivity contribution < 1.29 is 17.1 Å². The first-order chi connectivity index (χ1) is 11.2. The summed E-state index contributed by atoms with van der Waals surface area (Å²) in [5.41, 5.74) is 3.14. The zero-order valence-electron chi connectivity index (χ0n) is 12.6. The number of hydrogen-bond donors (Lipinski definition) is 0. The summed E-state index contributed by atoms with van der Waals surface area (Å²) >= 11 is 12.4. The number of nitrogens with zero attached hydrogens (tertiary/aromatic N) is 2. The number of rotatable bonds is 2. The van der Waals surface area contributed by atoms with E-state index >= 15 is 0 Å². The Kier molecular flexibility index (Phi) is 4.91. The smallest absolute Gasteiger partial charge is 0.240 e. The standard InChI is InChI=1S/C19H13Cl2N2.ClH/c20-14-6-8-18-16(10-14)17-11-15(21)7-9-19(17)23(22-18)12-13-4-2-1-3-5-13;/h1-11H,12H2;1H/q+1;/p-1. The Morgan fingerprint density at radius 1 is 0.792 bits per heavy atom. The highest BCUT2D eigenvalue weighted by molar-refractivity contribution is 6.32. The van der Waals surface area contributed by atoms with Crippen molar-refractivity contribution in [2.45, 2.75) is 6.54 Å². The average Bonchev–Trinajstić information content (AvgIpc) is 2.56. The van der Waals surface area contributed by atoms with Gasteiger partial charge in [-0.2, -0.15) is 0 Å². The van der Waals surface area contributed by atoms with Crippen LogP contribution in [0.5, 0.6) is 0 Å². The van der Waals surface area contributed by atoms with Gasteiger partial charge in [-0.25, -0.2) is 0 Å². The molecule has 0 fully saturated rings. The molecular weight excluding hydrogens is 363 g/mol. The predicted molar refractivity (Wildman–Crippen MR) is 95.0 cm³/mol. The maximum Gasteiger partial charge on any atom is 0.240 e. The van der Waals surface area contributed by atoms with Crippen molar-refractivity contribution in [3.05, 3.63) is 82.3 Å². The van der Waals surface area contributed by atoms with Gasteiger partial charge >= 0.3 is 0 Å². The summed E-state index contributed by atoms with van der Waals surface area (Å²) in [5, 5.41) is 8.25. The lowest BCUT2D eigenvalue weighted by atomic mass is 10.1. The topological polar surface area (TPSA) is 16.8 Å². The van der Waals surface area contributed by atoms with Gasteiger partial charge in [-0.15, -0.1) is 0 Å². The lowest BCUT2D eigenvalue weighted by Crippen LogP contribution is -3.00. The van der Waals surface area contributed by atoms with Crippen molar-refractivity contribution in [1.82, 2.24) is 5.10 Å². The van der Waals surface area contributed by atoms with Crippen molar-refractivity contribution in [3.63, 3.8) is 0 Å². The first kappa shape index (κ1) is 17.0. The fraction of sp³-hybridized carbons (Fsp3) is 0.0526. The third kappa shape index (κ3) is 3.18. The first-order valence-corrected chi connectivity index (χ1v) is 8.09. The van der Waals surface area contributed by atoms with Crippen LogP contribution in [0, 0.1) is 0 Å². The highest BCUT2D eigenvalue weighted by Gasteiger charge is 2.16. The third-order valence-corrected chi connectivity index (χ3v) is 4.36. The number of fused-ring (bicyclic) bond motifs is 3. The maximum absolute atomic E-state index is 6.21. The lowest BCUT2D eigenvalue weighted by molar-refractivity contribution is -0.719. The molecule has 0 bridgehead atoms. The molecule has 0 atom stereocenters. The van der Waals surface area contributed by atoms with Crippen molar-refractivity contribution >= 4 is 45.0 Å². The Morgan fingerprint density at radius 3 is 2.21 bits per heavy atom. The molecule has 4 rings (SSSR count). The van der Waals surface area contributed by atoms with Gasteiger partial charge in [0.05, 0.1) is 5.39 Å². The second-order valence-corrected chi connectivity index (χ2v) is 6.34. The zero-order chi connectivity index (χ0) is 15.8. The average molecular weight is 376 g/mol. The predicted octanol–water partition coefficient (Wildman–Crippen LogP) is 2.03. The lowest BCUT2D eigenvalue weighted by Gasteiger charge is -2.05. The molecule has 3 aromatic carbocycles. The molecule has 2 nitrogen and oxygen atoms in total. The fourth-order valence-electron chi connectivity index (χ4n) is 2.82. The summed E-state index contributed by atoms with van der Waals surface area (Å²) in [7, 11) is 0. The quantitative estimate of drug-likeness (QED) is 0.387. The van der Waals surface area contributed by atoms with Crippen molar-refractivity contribution in [2.24, 2.45) is 0 Å². The molecule has 1 aromatic heterocycles. The molecule has 0 saturated heterocycles. The normalized spacial score (nSPS) is 10.8. The molecule has 0 spiro atoms. The SMILES string of the molecule is Clc1ccc2n[n+](Cc3ccccc3)c3ccc(Cl)cc3c2c1.[Cl-]. The van der Waals surface area contributed by atoms with Gasteiger partial charge in [0.25, 0.3) is 0 Å². The molecule has 1 heterocycles. The van der Waals surface area contributed by atoms with Crippen LogP contribution in [0.1, 0.15) is 5.56 Å². The van der Waals surface area contributed by atoms with E-state index in [0.29, 0.717) is 16.6 Å². The van der Waals surface area contributed by atoms with Gasteiger partial charge in [0, 0.05) is 32.2 Å². The summed E-state index contributed by atoms with van der Waals surface area (Å²) in [6.07, 6.45) is 0. The zero-order valence-corrected chi connectivity index (χ0v) is 14.9. The van der Waals surface area contributed by atoms with E-state index in [1.165, 1.54) is 5.56 Å². The molecule has 0 aliphatic rings. The minimum absolute atomic E-state index is 0. The summed E-state index contributed by atoms with van der Waals surface area (Å²) in [6.45, 7) is 0.706. The van der Waals surface area contributed by atoms with E-state index in [0.717, 1.165) is 21.8 Å². The van der Waals surface area contributed by atoms with Crippen molar-refractivity contribution in [2.75, 3.05) is 0 Å². The van der Waals surface area contributed by atoms with Gasteiger partial charge in [0.2, 0.25) is 5.52 Å². The van der Waals surface area contributed by atoms with E-state index in [2.05, 4.69) is 12.1 Å². The Bertz CT molecular complexity index is 1020. The van der Waals surface area contributed by atoms with E-state index < -0.39 is 0 Å². The van der Waals surface area contributed by atoms with Crippen LogP contribution in [0.2, 0.25) is 10.0 Å². The van der Waals surface area contributed by atoms with Crippen LogP contribution >= 0.6 is 23.2 Å². The molecule has 0 aliphatic heterocycles. The number of aromatic nitrogens is 2. The van der Waals surface area contributed by atoms with E-state index in [-0.39, 0.29) is 12.4 Å². The van der Waals surface area contributed by atoms with Gasteiger partial charge in [-0.05, 0) is 30.3 Å². The van der Waals surface area contributed by atoms with E-state index in [9.17, 15) is 0 Å².